The first-order chi connectivity index (χ1) is 13.2. The molecule has 132 valence electrons. The standard InChI is InChI=1S/C20H14N4O2S/c1-26-18-5-4-13(8-21-18)11-2-3-12-7-15(22-14(12)6-11)19-20(25)24-17-10-27-9-16(17)23-19/h2-10,22H,1H3,(H,24,25). The number of pyridine rings is 1. The fourth-order valence-electron chi connectivity index (χ4n) is 3.11. The zero-order chi connectivity index (χ0) is 18.4. The van der Waals surface area contributed by atoms with Crippen LogP contribution < -0.4 is 10.3 Å². The third-order valence-electron chi connectivity index (χ3n) is 4.49. The van der Waals surface area contributed by atoms with E-state index in [1.54, 1.807) is 13.3 Å². The smallest absolute Gasteiger partial charge is 0.276 e. The minimum Gasteiger partial charge on any atom is -0.481 e. The van der Waals surface area contributed by atoms with Gasteiger partial charge in [0.2, 0.25) is 5.88 Å². The van der Waals surface area contributed by atoms with Crippen molar-refractivity contribution in [1.29, 1.82) is 0 Å². The highest BCUT2D eigenvalue weighted by molar-refractivity contribution is 7.09. The summed E-state index contributed by atoms with van der Waals surface area (Å²) in [6, 6.07) is 11.8. The van der Waals surface area contributed by atoms with Crippen LogP contribution in [0.2, 0.25) is 0 Å². The Labute approximate surface area is 157 Å². The lowest BCUT2D eigenvalue weighted by Crippen LogP contribution is -2.10. The molecule has 0 saturated heterocycles. The molecule has 5 aromatic rings. The Kier molecular flexibility index (Phi) is 3.54. The molecule has 0 spiro atoms. The summed E-state index contributed by atoms with van der Waals surface area (Å²) in [4.78, 5) is 27.4. The molecule has 0 amide bonds. The molecule has 27 heavy (non-hydrogen) atoms. The largest absolute Gasteiger partial charge is 0.481 e. The van der Waals surface area contributed by atoms with Crippen LogP contribution in [0.15, 0.2) is 58.1 Å². The SMILES string of the molecule is COc1ccc(-c2ccc3cc(-c4nc5cscc5[nH]c4=O)[nH]c3c2)cn1. The van der Waals surface area contributed by atoms with Crippen LogP contribution in [0, 0.1) is 0 Å². The summed E-state index contributed by atoms with van der Waals surface area (Å²) < 4.78 is 5.11. The van der Waals surface area contributed by atoms with Crippen molar-refractivity contribution in [3.8, 4) is 28.4 Å². The van der Waals surface area contributed by atoms with Crippen molar-refractivity contribution in [2.75, 3.05) is 7.11 Å². The summed E-state index contributed by atoms with van der Waals surface area (Å²) in [7, 11) is 1.59. The average Bonchev–Trinajstić information content (AvgIpc) is 3.32. The minimum atomic E-state index is -0.202. The summed E-state index contributed by atoms with van der Waals surface area (Å²) in [6.07, 6.45) is 1.78. The van der Waals surface area contributed by atoms with Crippen LogP contribution in [0.5, 0.6) is 5.88 Å². The van der Waals surface area contributed by atoms with E-state index in [0.717, 1.165) is 33.1 Å². The van der Waals surface area contributed by atoms with Crippen molar-refractivity contribution in [2.24, 2.45) is 0 Å². The number of H-pyrrole nitrogens is 2. The zero-order valence-electron chi connectivity index (χ0n) is 14.3. The number of ether oxygens (including phenoxy) is 1. The Morgan fingerprint density at radius 1 is 1.00 bits per heavy atom. The molecule has 4 heterocycles. The number of aromatic amines is 2. The van der Waals surface area contributed by atoms with E-state index in [-0.39, 0.29) is 5.56 Å². The highest BCUT2D eigenvalue weighted by Gasteiger charge is 2.12. The summed E-state index contributed by atoms with van der Waals surface area (Å²) >= 11 is 1.51. The topological polar surface area (TPSA) is 83.7 Å². The van der Waals surface area contributed by atoms with E-state index in [4.69, 9.17) is 4.74 Å². The molecular formula is C20H14N4O2S. The maximum atomic E-state index is 12.4. The molecule has 0 radical (unpaired) electrons. The molecule has 0 aliphatic carbocycles. The van der Waals surface area contributed by atoms with Crippen molar-refractivity contribution in [1.82, 2.24) is 19.9 Å². The number of thiophene rings is 1. The zero-order valence-corrected chi connectivity index (χ0v) is 15.1. The van der Waals surface area contributed by atoms with Gasteiger partial charge in [-0.05, 0) is 23.8 Å². The van der Waals surface area contributed by atoms with Crippen LogP contribution in [0.3, 0.4) is 0 Å². The summed E-state index contributed by atoms with van der Waals surface area (Å²) in [6.45, 7) is 0. The fraction of sp³-hybridized carbons (Fsp3) is 0.0500. The van der Waals surface area contributed by atoms with Crippen molar-refractivity contribution in [3.05, 3.63) is 63.7 Å². The second kappa shape index (κ2) is 6.07. The van der Waals surface area contributed by atoms with Crippen molar-refractivity contribution in [2.45, 2.75) is 0 Å². The maximum Gasteiger partial charge on any atom is 0.276 e. The number of rotatable bonds is 3. The predicted molar refractivity (Wildman–Crippen MR) is 107 cm³/mol. The molecule has 7 heteroatoms. The van der Waals surface area contributed by atoms with Gasteiger partial charge < -0.3 is 14.7 Å². The molecule has 6 nitrogen and oxygen atoms in total. The number of benzene rings is 1. The third kappa shape index (κ3) is 2.69. The first-order valence-corrected chi connectivity index (χ1v) is 9.25. The molecule has 0 aliphatic heterocycles. The van der Waals surface area contributed by atoms with Crippen LogP contribution in [0.4, 0.5) is 0 Å². The van der Waals surface area contributed by atoms with Gasteiger partial charge in [0.05, 0.1) is 23.8 Å². The molecule has 0 aliphatic rings. The molecule has 0 bridgehead atoms. The van der Waals surface area contributed by atoms with Crippen LogP contribution in [0.25, 0.3) is 44.5 Å². The quantitative estimate of drug-likeness (QED) is 0.496. The lowest BCUT2D eigenvalue weighted by atomic mass is 10.1. The summed E-state index contributed by atoms with van der Waals surface area (Å²) in [5.41, 5.74) is 5.40. The number of hydrogen-bond acceptors (Lipinski definition) is 5. The predicted octanol–water partition coefficient (Wildman–Crippen LogP) is 4.20. The van der Waals surface area contributed by atoms with Gasteiger partial charge in [0.25, 0.3) is 5.56 Å². The average molecular weight is 374 g/mol. The van der Waals surface area contributed by atoms with E-state index in [1.165, 1.54) is 11.3 Å². The van der Waals surface area contributed by atoms with Gasteiger partial charge >= 0.3 is 0 Å². The van der Waals surface area contributed by atoms with E-state index in [0.29, 0.717) is 17.3 Å². The summed E-state index contributed by atoms with van der Waals surface area (Å²) in [5.74, 6) is 0.580. The van der Waals surface area contributed by atoms with E-state index < -0.39 is 0 Å². The number of aromatic nitrogens is 4. The highest BCUT2D eigenvalue weighted by Crippen LogP contribution is 2.28. The Morgan fingerprint density at radius 2 is 1.89 bits per heavy atom. The van der Waals surface area contributed by atoms with Crippen LogP contribution in [-0.2, 0) is 0 Å². The molecule has 2 N–H and O–H groups in total. The number of nitrogens with one attached hydrogen (secondary N) is 2. The van der Waals surface area contributed by atoms with Gasteiger partial charge in [-0.3, -0.25) is 4.79 Å². The molecule has 1 aromatic carbocycles. The van der Waals surface area contributed by atoms with E-state index in [1.807, 2.05) is 47.2 Å². The lowest BCUT2D eigenvalue weighted by Gasteiger charge is -2.03. The van der Waals surface area contributed by atoms with Gasteiger partial charge in [0, 0.05) is 39.5 Å². The molecular weight excluding hydrogens is 360 g/mol. The second-order valence-corrected chi connectivity index (χ2v) is 6.90. The lowest BCUT2D eigenvalue weighted by molar-refractivity contribution is 0.398. The van der Waals surface area contributed by atoms with Gasteiger partial charge in [0.15, 0.2) is 5.69 Å². The highest BCUT2D eigenvalue weighted by atomic mass is 32.1. The molecule has 0 unspecified atom stereocenters. The van der Waals surface area contributed by atoms with Gasteiger partial charge in [-0.15, -0.1) is 11.3 Å². The molecule has 0 atom stereocenters. The van der Waals surface area contributed by atoms with E-state index in [2.05, 4.69) is 19.9 Å². The fourth-order valence-corrected chi connectivity index (χ4v) is 3.80. The van der Waals surface area contributed by atoms with Crippen LogP contribution in [0.1, 0.15) is 0 Å². The maximum absolute atomic E-state index is 12.4. The van der Waals surface area contributed by atoms with Crippen LogP contribution in [-0.4, -0.2) is 27.0 Å². The molecule has 0 saturated carbocycles. The minimum absolute atomic E-state index is 0.202. The Bertz CT molecular complexity index is 1330. The van der Waals surface area contributed by atoms with Gasteiger partial charge in [-0.1, -0.05) is 12.1 Å². The second-order valence-electron chi connectivity index (χ2n) is 6.16. The Morgan fingerprint density at radius 3 is 2.70 bits per heavy atom. The van der Waals surface area contributed by atoms with Crippen LogP contribution >= 0.6 is 11.3 Å². The summed E-state index contributed by atoms with van der Waals surface area (Å²) in [5, 5.41) is 4.82. The Balaban J connectivity index is 1.60. The number of methoxy groups -OCH3 is 1. The normalized spacial score (nSPS) is 11.3. The molecule has 4 aromatic heterocycles. The molecule has 5 rings (SSSR count). The Hall–Kier alpha value is -3.45. The van der Waals surface area contributed by atoms with Gasteiger partial charge in [0.1, 0.15) is 0 Å². The molecule has 0 fully saturated rings. The number of hydrogen-bond donors (Lipinski definition) is 2. The first kappa shape index (κ1) is 15.8. The van der Waals surface area contributed by atoms with Gasteiger partial charge in [-0.2, -0.15) is 0 Å². The van der Waals surface area contributed by atoms with Crippen molar-refractivity contribution >= 4 is 33.3 Å². The van der Waals surface area contributed by atoms with Crippen molar-refractivity contribution < 1.29 is 4.74 Å². The first-order valence-electron chi connectivity index (χ1n) is 8.31. The van der Waals surface area contributed by atoms with E-state index in [9.17, 15) is 4.79 Å². The number of nitrogens with zero attached hydrogens (tertiary/aromatic N) is 2. The van der Waals surface area contributed by atoms with E-state index >= 15 is 0 Å². The van der Waals surface area contributed by atoms with Crippen molar-refractivity contribution in [3.63, 3.8) is 0 Å². The monoisotopic (exact) mass is 374 g/mol. The third-order valence-corrected chi connectivity index (χ3v) is 5.22. The number of fused-ring (bicyclic) bond motifs is 2. The van der Waals surface area contributed by atoms with Gasteiger partial charge in [-0.25, -0.2) is 9.97 Å².